The van der Waals surface area contributed by atoms with Crippen LogP contribution in [0.4, 0.5) is 5.82 Å². The van der Waals surface area contributed by atoms with Gasteiger partial charge in [-0.25, -0.2) is 0 Å². The molecule has 0 unspecified atom stereocenters. The number of anilines is 1. The number of carbonyl (C=O) groups is 1. The number of aryl methyl sites for hydroxylation is 2. The Morgan fingerprint density at radius 2 is 1.72 bits per heavy atom. The zero-order valence-corrected chi connectivity index (χ0v) is 18.7. The van der Waals surface area contributed by atoms with Gasteiger partial charge in [-0.15, -0.1) is 10.2 Å². The highest BCUT2D eigenvalue weighted by molar-refractivity contribution is 5.78. The summed E-state index contributed by atoms with van der Waals surface area (Å²) in [6, 6.07) is 17.7. The van der Waals surface area contributed by atoms with Gasteiger partial charge in [-0.3, -0.25) is 4.79 Å². The van der Waals surface area contributed by atoms with Gasteiger partial charge in [-0.2, -0.15) is 0 Å². The molecule has 0 radical (unpaired) electrons. The van der Waals surface area contributed by atoms with Crippen LogP contribution in [0.2, 0.25) is 0 Å². The summed E-state index contributed by atoms with van der Waals surface area (Å²) in [5, 5.41) is 8.80. The maximum Gasteiger partial charge on any atom is 0.260 e. The van der Waals surface area contributed by atoms with E-state index in [0.29, 0.717) is 26.2 Å². The monoisotopic (exact) mass is 432 g/mol. The average molecular weight is 433 g/mol. The summed E-state index contributed by atoms with van der Waals surface area (Å²) >= 11 is 0. The molecule has 0 N–H and O–H groups in total. The second-order valence-corrected chi connectivity index (χ2v) is 7.90. The van der Waals surface area contributed by atoms with Gasteiger partial charge in [0, 0.05) is 31.7 Å². The molecule has 3 aromatic rings. The molecule has 0 spiro atoms. The van der Waals surface area contributed by atoms with Crippen LogP contribution in [0, 0.1) is 13.8 Å². The Labute approximate surface area is 188 Å². The van der Waals surface area contributed by atoms with Gasteiger partial charge in [0.1, 0.15) is 11.5 Å². The van der Waals surface area contributed by atoms with E-state index in [1.54, 1.807) is 7.11 Å². The number of hydrogen-bond acceptors (Lipinski definition) is 6. The van der Waals surface area contributed by atoms with Crippen LogP contribution in [-0.4, -0.2) is 60.9 Å². The van der Waals surface area contributed by atoms with Crippen molar-refractivity contribution in [3.05, 3.63) is 65.7 Å². The van der Waals surface area contributed by atoms with Gasteiger partial charge in [-0.1, -0.05) is 24.3 Å². The summed E-state index contributed by atoms with van der Waals surface area (Å²) in [5.74, 6) is 2.35. The predicted molar refractivity (Wildman–Crippen MR) is 124 cm³/mol. The van der Waals surface area contributed by atoms with E-state index >= 15 is 0 Å². The second kappa shape index (κ2) is 9.68. The summed E-state index contributed by atoms with van der Waals surface area (Å²) in [7, 11) is 1.65. The first kappa shape index (κ1) is 21.6. The van der Waals surface area contributed by atoms with Crippen LogP contribution in [0.1, 0.15) is 11.1 Å². The standard InChI is InChI=1S/C25H28N4O3/c1-18-8-9-19(2)23(16-18)32-17-25(30)29-14-12-28(13-15-29)24-11-10-21(26-27-24)20-6-4-5-7-22(20)31-3/h4-11,16H,12-15,17H2,1-3H3. The molecule has 32 heavy (non-hydrogen) atoms. The van der Waals surface area contributed by atoms with Crippen molar-refractivity contribution in [3.8, 4) is 22.8 Å². The van der Waals surface area contributed by atoms with Crippen molar-refractivity contribution < 1.29 is 14.3 Å². The molecule has 4 rings (SSSR count). The molecular weight excluding hydrogens is 404 g/mol. The Morgan fingerprint density at radius 3 is 2.44 bits per heavy atom. The number of para-hydroxylation sites is 1. The highest BCUT2D eigenvalue weighted by Gasteiger charge is 2.23. The molecule has 1 aliphatic heterocycles. The number of nitrogens with zero attached hydrogens (tertiary/aromatic N) is 4. The third-order valence-corrected chi connectivity index (χ3v) is 5.68. The van der Waals surface area contributed by atoms with Gasteiger partial charge in [0.05, 0.1) is 12.8 Å². The number of aromatic nitrogens is 2. The molecule has 7 nitrogen and oxygen atoms in total. The largest absolute Gasteiger partial charge is 0.496 e. The first-order valence-electron chi connectivity index (χ1n) is 10.7. The molecule has 0 atom stereocenters. The first-order chi connectivity index (χ1) is 15.5. The number of piperazine rings is 1. The number of methoxy groups -OCH3 is 1. The fraction of sp³-hybridized carbons (Fsp3) is 0.320. The molecule has 1 amide bonds. The minimum atomic E-state index is 0.00293. The lowest BCUT2D eigenvalue weighted by Gasteiger charge is -2.35. The molecule has 2 heterocycles. The number of rotatable bonds is 6. The third kappa shape index (κ3) is 4.82. The molecule has 0 aliphatic carbocycles. The van der Waals surface area contributed by atoms with Crippen molar-refractivity contribution in [1.29, 1.82) is 0 Å². The van der Waals surface area contributed by atoms with E-state index in [1.807, 2.05) is 73.3 Å². The number of amides is 1. The molecular formula is C25H28N4O3. The van der Waals surface area contributed by atoms with Crippen LogP contribution in [-0.2, 0) is 4.79 Å². The molecule has 0 saturated carbocycles. The molecule has 1 aromatic heterocycles. The Morgan fingerprint density at radius 1 is 0.938 bits per heavy atom. The maximum atomic E-state index is 12.6. The number of ether oxygens (including phenoxy) is 2. The van der Waals surface area contributed by atoms with Gasteiger partial charge in [0.2, 0.25) is 0 Å². The lowest BCUT2D eigenvalue weighted by Crippen LogP contribution is -2.50. The number of benzene rings is 2. The van der Waals surface area contributed by atoms with Crippen LogP contribution >= 0.6 is 0 Å². The quantitative estimate of drug-likeness (QED) is 0.594. The number of carbonyl (C=O) groups excluding carboxylic acids is 1. The van der Waals surface area contributed by atoms with E-state index in [2.05, 4.69) is 15.1 Å². The molecule has 2 aromatic carbocycles. The molecule has 0 bridgehead atoms. The minimum Gasteiger partial charge on any atom is -0.496 e. The number of hydrogen-bond donors (Lipinski definition) is 0. The Bertz CT molecular complexity index is 1080. The minimum absolute atomic E-state index is 0.00293. The molecule has 7 heteroatoms. The van der Waals surface area contributed by atoms with Gasteiger partial charge in [-0.05, 0) is 55.3 Å². The van der Waals surface area contributed by atoms with E-state index in [9.17, 15) is 4.79 Å². The second-order valence-electron chi connectivity index (χ2n) is 7.90. The summed E-state index contributed by atoms with van der Waals surface area (Å²) in [5.41, 5.74) is 3.82. The topological polar surface area (TPSA) is 67.8 Å². The molecule has 1 fully saturated rings. The molecule has 1 aliphatic rings. The van der Waals surface area contributed by atoms with Crippen LogP contribution in [0.3, 0.4) is 0 Å². The zero-order valence-electron chi connectivity index (χ0n) is 18.7. The van der Waals surface area contributed by atoms with Crippen molar-refractivity contribution in [1.82, 2.24) is 15.1 Å². The highest BCUT2D eigenvalue weighted by atomic mass is 16.5. The fourth-order valence-corrected chi connectivity index (χ4v) is 3.77. The van der Waals surface area contributed by atoms with E-state index < -0.39 is 0 Å². The summed E-state index contributed by atoms with van der Waals surface area (Å²) in [6.07, 6.45) is 0. The van der Waals surface area contributed by atoms with E-state index in [0.717, 1.165) is 39.7 Å². The van der Waals surface area contributed by atoms with Crippen molar-refractivity contribution in [2.24, 2.45) is 0 Å². The summed E-state index contributed by atoms with van der Waals surface area (Å²) < 4.78 is 11.2. The van der Waals surface area contributed by atoms with E-state index in [4.69, 9.17) is 9.47 Å². The smallest absolute Gasteiger partial charge is 0.260 e. The van der Waals surface area contributed by atoms with Crippen molar-refractivity contribution in [3.63, 3.8) is 0 Å². The van der Waals surface area contributed by atoms with Gasteiger partial charge >= 0.3 is 0 Å². The molecule has 1 saturated heterocycles. The Kier molecular flexibility index (Phi) is 6.54. The summed E-state index contributed by atoms with van der Waals surface area (Å²) in [6.45, 7) is 6.72. The van der Waals surface area contributed by atoms with Crippen molar-refractivity contribution >= 4 is 11.7 Å². The molecule has 166 valence electrons. The van der Waals surface area contributed by atoms with Crippen molar-refractivity contribution in [2.45, 2.75) is 13.8 Å². The zero-order chi connectivity index (χ0) is 22.5. The third-order valence-electron chi connectivity index (χ3n) is 5.68. The van der Waals surface area contributed by atoms with E-state index in [1.165, 1.54) is 0 Å². The normalized spacial score (nSPS) is 13.7. The van der Waals surface area contributed by atoms with Crippen LogP contribution in [0.5, 0.6) is 11.5 Å². The van der Waals surface area contributed by atoms with Crippen LogP contribution in [0.15, 0.2) is 54.6 Å². The fourth-order valence-electron chi connectivity index (χ4n) is 3.77. The summed E-state index contributed by atoms with van der Waals surface area (Å²) in [4.78, 5) is 16.6. The van der Waals surface area contributed by atoms with Crippen molar-refractivity contribution in [2.75, 3.05) is 44.8 Å². The SMILES string of the molecule is COc1ccccc1-c1ccc(N2CCN(C(=O)COc3cc(C)ccc3C)CC2)nn1. The van der Waals surface area contributed by atoms with Crippen LogP contribution < -0.4 is 14.4 Å². The van der Waals surface area contributed by atoms with Gasteiger partial charge < -0.3 is 19.3 Å². The predicted octanol–water partition coefficient (Wildman–Crippen LogP) is 3.50. The first-order valence-corrected chi connectivity index (χ1v) is 10.7. The highest BCUT2D eigenvalue weighted by Crippen LogP contribution is 2.28. The van der Waals surface area contributed by atoms with Gasteiger partial charge in [0.15, 0.2) is 12.4 Å². The Hall–Kier alpha value is -3.61. The van der Waals surface area contributed by atoms with E-state index in [-0.39, 0.29) is 12.5 Å². The van der Waals surface area contributed by atoms with Gasteiger partial charge in [0.25, 0.3) is 5.91 Å². The Balaban J connectivity index is 1.32. The average Bonchev–Trinajstić information content (AvgIpc) is 2.84. The lowest BCUT2D eigenvalue weighted by molar-refractivity contribution is -0.133. The van der Waals surface area contributed by atoms with Crippen LogP contribution in [0.25, 0.3) is 11.3 Å². The maximum absolute atomic E-state index is 12.6. The lowest BCUT2D eigenvalue weighted by atomic mass is 10.1.